The van der Waals surface area contributed by atoms with Crippen LogP contribution in [0.15, 0.2) is 29.2 Å². The number of carbonyl (C=O) groups excluding carboxylic acids is 1. The molecule has 2 nitrogen and oxygen atoms in total. The van der Waals surface area contributed by atoms with E-state index < -0.39 is 0 Å². The molecule has 2 aliphatic heterocycles. The van der Waals surface area contributed by atoms with Gasteiger partial charge in [-0.1, -0.05) is 38.0 Å². The van der Waals surface area contributed by atoms with Gasteiger partial charge in [-0.3, -0.25) is 4.79 Å². The zero-order valence-electron chi connectivity index (χ0n) is 12.9. The van der Waals surface area contributed by atoms with Crippen molar-refractivity contribution in [3.63, 3.8) is 0 Å². The summed E-state index contributed by atoms with van der Waals surface area (Å²) < 4.78 is 0. The largest absolute Gasteiger partial charge is 0.342 e. The summed E-state index contributed by atoms with van der Waals surface area (Å²) in [5.74, 6) is 2.79. The molecule has 0 saturated carbocycles. The van der Waals surface area contributed by atoms with Gasteiger partial charge < -0.3 is 4.90 Å². The van der Waals surface area contributed by atoms with Crippen LogP contribution in [-0.4, -0.2) is 29.6 Å². The van der Waals surface area contributed by atoms with Gasteiger partial charge in [0.05, 0.1) is 0 Å². The topological polar surface area (TPSA) is 20.3 Å². The fourth-order valence-electron chi connectivity index (χ4n) is 3.63. The summed E-state index contributed by atoms with van der Waals surface area (Å²) in [4.78, 5) is 15.9. The van der Waals surface area contributed by atoms with E-state index in [-0.39, 0.29) is 0 Å². The van der Waals surface area contributed by atoms with E-state index in [1.54, 1.807) is 0 Å². The number of hydrogen-bond acceptors (Lipinski definition) is 2. The van der Waals surface area contributed by atoms with Crippen LogP contribution in [0.4, 0.5) is 0 Å². The Morgan fingerprint density at radius 1 is 1.29 bits per heavy atom. The van der Waals surface area contributed by atoms with E-state index in [4.69, 9.17) is 0 Å². The molecule has 0 bridgehead atoms. The highest BCUT2D eigenvalue weighted by Gasteiger charge is 2.28. The zero-order valence-corrected chi connectivity index (χ0v) is 13.7. The summed E-state index contributed by atoms with van der Waals surface area (Å²) in [6, 6.07) is 8.68. The number of fused-ring (bicyclic) bond motifs is 1. The van der Waals surface area contributed by atoms with Crippen molar-refractivity contribution in [2.24, 2.45) is 5.92 Å². The Bertz CT molecular complexity index is 502. The monoisotopic (exact) mass is 303 g/mol. The standard InChI is InChI=1S/C18H25NOS/c1-2-5-14-8-9-18(20)19(11-10-14)12-15-13-21-17-7-4-3-6-16(15)17/h3-4,6-7,14-15H,2,5,8-13H2,1H3. The highest BCUT2D eigenvalue weighted by atomic mass is 32.2. The highest BCUT2D eigenvalue weighted by Crippen LogP contribution is 2.40. The Kier molecular flexibility index (Phi) is 4.89. The SMILES string of the molecule is CCCC1CCC(=O)N(CC2CSc3ccccc32)CC1. The first-order valence-corrected chi connectivity index (χ1v) is 9.26. The normalized spacial score (nSPS) is 25.8. The van der Waals surface area contributed by atoms with Gasteiger partial charge in [-0.25, -0.2) is 0 Å². The van der Waals surface area contributed by atoms with Gasteiger partial charge >= 0.3 is 0 Å². The highest BCUT2D eigenvalue weighted by molar-refractivity contribution is 7.99. The predicted molar refractivity (Wildman–Crippen MR) is 88.7 cm³/mol. The first-order chi connectivity index (χ1) is 10.3. The van der Waals surface area contributed by atoms with E-state index in [0.29, 0.717) is 11.8 Å². The van der Waals surface area contributed by atoms with Crippen molar-refractivity contribution in [2.75, 3.05) is 18.8 Å². The van der Waals surface area contributed by atoms with E-state index in [9.17, 15) is 4.79 Å². The van der Waals surface area contributed by atoms with Crippen LogP contribution in [0.25, 0.3) is 0 Å². The molecule has 3 heteroatoms. The molecule has 114 valence electrons. The Balaban J connectivity index is 1.64. The van der Waals surface area contributed by atoms with Crippen molar-refractivity contribution in [1.29, 1.82) is 0 Å². The summed E-state index contributed by atoms with van der Waals surface area (Å²) >= 11 is 1.94. The first kappa shape index (κ1) is 15.0. The Morgan fingerprint density at radius 2 is 2.14 bits per heavy atom. The predicted octanol–water partition coefficient (Wildman–Crippen LogP) is 4.30. The summed E-state index contributed by atoms with van der Waals surface area (Å²) in [5, 5.41) is 0. The summed E-state index contributed by atoms with van der Waals surface area (Å²) in [6.45, 7) is 4.13. The van der Waals surface area contributed by atoms with Crippen LogP contribution < -0.4 is 0 Å². The molecule has 2 aliphatic rings. The van der Waals surface area contributed by atoms with Gasteiger partial charge in [0.25, 0.3) is 0 Å². The third-order valence-corrected chi connectivity index (χ3v) is 6.11. The number of hydrogen-bond donors (Lipinski definition) is 0. The summed E-state index contributed by atoms with van der Waals surface area (Å²) in [6.07, 6.45) is 5.57. The number of carbonyl (C=O) groups is 1. The van der Waals surface area contributed by atoms with Crippen LogP contribution in [0.5, 0.6) is 0 Å². The second-order valence-electron chi connectivity index (χ2n) is 6.37. The number of benzene rings is 1. The molecule has 0 radical (unpaired) electrons. The van der Waals surface area contributed by atoms with Crippen molar-refractivity contribution in [3.8, 4) is 0 Å². The Morgan fingerprint density at radius 3 is 3.00 bits per heavy atom. The molecule has 1 aromatic carbocycles. The molecule has 0 aliphatic carbocycles. The van der Waals surface area contributed by atoms with Gasteiger partial charge in [0.2, 0.25) is 5.91 Å². The maximum atomic E-state index is 12.4. The molecule has 2 heterocycles. The average molecular weight is 303 g/mol. The number of rotatable bonds is 4. The van der Waals surface area contributed by atoms with Gasteiger partial charge in [-0.15, -0.1) is 11.8 Å². The lowest BCUT2D eigenvalue weighted by molar-refractivity contribution is -0.130. The lowest BCUT2D eigenvalue weighted by Crippen LogP contribution is -2.34. The van der Waals surface area contributed by atoms with Crippen LogP contribution in [-0.2, 0) is 4.79 Å². The molecule has 0 spiro atoms. The van der Waals surface area contributed by atoms with Crippen molar-refractivity contribution < 1.29 is 4.79 Å². The van der Waals surface area contributed by atoms with Gasteiger partial charge in [-0.05, 0) is 30.4 Å². The van der Waals surface area contributed by atoms with E-state index >= 15 is 0 Å². The Hall–Kier alpha value is -0.960. The molecule has 1 fully saturated rings. The maximum Gasteiger partial charge on any atom is 0.222 e. The molecule has 3 rings (SSSR count). The number of amides is 1. The minimum Gasteiger partial charge on any atom is -0.342 e. The van der Waals surface area contributed by atoms with Crippen LogP contribution in [0, 0.1) is 5.92 Å². The fourth-order valence-corrected chi connectivity index (χ4v) is 4.87. The molecule has 0 N–H and O–H groups in total. The summed E-state index contributed by atoms with van der Waals surface area (Å²) in [5.41, 5.74) is 1.45. The van der Waals surface area contributed by atoms with Crippen molar-refractivity contribution in [1.82, 2.24) is 4.90 Å². The minimum atomic E-state index is 0.378. The van der Waals surface area contributed by atoms with E-state index in [0.717, 1.165) is 37.6 Å². The van der Waals surface area contributed by atoms with E-state index in [1.165, 1.54) is 29.7 Å². The average Bonchev–Trinajstić information content (AvgIpc) is 2.83. The smallest absolute Gasteiger partial charge is 0.222 e. The zero-order chi connectivity index (χ0) is 14.7. The molecule has 1 amide bonds. The molecule has 2 unspecified atom stereocenters. The van der Waals surface area contributed by atoms with Crippen molar-refractivity contribution >= 4 is 17.7 Å². The van der Waals surface area contributed by atoms with Crippen LogP contribution in [0.2, 0.25) is 0 Å². The van der Waals surface area contributed by atoms with E-state index in [2.05, 4.69) is 36.1 Å². The first-order valence-electron chi connectivity index (χ1n) is 8.27. The third-order valence-electron chi connectivity index (χ3n) is 4.86. The molecule has 0 aromatic heterocycles. The number of likely N-dealkylation sites (tertiary alicyclic amines) is 1. The van der Waals surface area contributed by atoms with Crippen molar-refractivity contribution in [3.05, 3.63) is 29.8 Å². The van der Waals surface area contributed by atoms with E-state index in [1.807, 2.05) is 11.8 Å². The molecule has 1 aromatic rings. The quantitative estimate of drug-likeness (QED) is 0.826. The van der Waals surface area contributed by atoms with Gasteiger partial charge in [0, 0.05) is 36.1 Å². The fraction of sp³-hybridized carbons (Fsp3) is 0.611. The molecule has 2 atom stereocenters. The van der Waals surface area contributed by atoms with Gasteiger partial charge in [-0.2, -0.15) is 0 Å². The second-order valence-corrected chi connectivity index (χ2v) is 7.43. The second kappa shape index (κ2) is 6.87. The van der Waals surface area contributed by atoms with Crippen LogP contribution >= 0.6 is 11.8 Å². The van der Waals surface area contributed by atoms with Crippen LogP contribution in [0.3, 0.4) is 0 Å². The van der Waals surface area contributed by atoms with Crippen molar-refractivity contribution in [2.45, 2.75) is 49.8 Å². The molecule has 1 saturated heterocycles. The maximum absolute atomic E-state index is 12.4. The molecular weight excluding hydrogens is 278 g/mol. The Labute approximate surface area is 132 Å². The lowest BCUT2D eigenvalue weighted by atomic mass is 9.96. The third kappa shape index (κ3) is 3.45. The molecule has 21 heavy (non-hydrogen) atoms. The van der Waals surface area contributed by atoms with Gasteiger partial charge in [0.15, 0.2) is 0 Å². The molecular formula is C18H25NOS. The minimum absolute atomic E-state index is 0.378. The lowest BCUT2D eigenvalue weighted by Gasteiger charge is -2.24. The van der Waals surface area contributed by atoms with Gasteiger partial charge in [0.1, 0.15) is 0 Å². The number of nitrogens with zero attached hydrogens (tertiary/aromatic N) is 1. The number of thioether (sulfide) groups is 1. The van der Waals surface area contributed by atoms with Crippen LogP contribution in [0.1, 0.15) is 50.5 Å². The summed E-state index contributed by atoms with van der Waals surface area (Å²) in [7, 11) is 0.